The SMILES string of the molecule is CCOC(=O)[C@@H]1C[C@H](c2ccccc2)C2(C)C(=O)[C@@]3(Oc4c(Cl)c(OC)cc(OC)c4C3=O)[C@H](C)CC2N1. The molecule has 0 radical (unpaired) electrons. The van der Waals surface area contributed by atoms with Gasteiger partial charge in [0.1, 0.15) is 28.1 Å². The molecular formula is C29H32ClNO7. The van der Waals surface area contributed by atoms with Crippen LogP contribution in [0.4, 0.5) is 0 Å². The van der Waals surface area contributed by atoms with Crippen LogP contribution < -0.4 is 19.5 Å². The molecule has 2 aliphatic heterocycles. The van der Waals surface area contributed by atoms with Crippen molar-refractivity contribution in [2.24, 2.45) is 11.3 Å². The minimum absolute atomic E-state index is 0.0968. The zero-order valence-electron chi connectivity index (χ0n) is 22.1. The van der Waals surface area contributed by atoms with Crippen molar-refractivity contribution in [1.82, 2.24) is 5.32 Å². The first kappa shape index (κ1) is 26.5. The van der Waals surface area contributed by atoms with Gasteiger partial charge in [-0.25, -0.2) is 0 Å². The van der Waals surface area contributed by atoms with Crippen LogP contribution >= 0.6 is 11.6 Å². The van der Waals surface area contributed by atoms with E-state index >= 15 is 0 Å². The van der Waals surface area contributed by atoms with Gasteiger partial charge in [-0.05, 0) is 31.2 Å². The van der Waals surface area contributed by atoms with Gasteiger partial charge in [0.25, 0.3) is 0 Å². The summed E-state index contributed by atoms with van der Waals surface area (Å²) in [6.45, 7) is 5.73. The van der Waals surface area contributed by atoms with Crippen molar-refractivity contribution in [1.29, 1.82) is 0 Å². The van der Waals surface area contributed by atoms with Gasteiger partial charge in [0.2, 0.25) is 11.4 Å². The third kappa shape index (κ3) is 3.57. The van der Waals surface area contributed by atoms with Crippen LogP contribution in [0.5, 0.6) is 17.2 Å². The molecule has 0 aromatic heterocycles. The Morgan fingerprint density at radius 1 is 1.13 bits per heavy atom. The highest BCUT2D eigenvalue weighted by atomic mass is 35.5. The largest absolute Gasteiger partial charge is 0.496 e. The second-order valence-electron chi connectivity index (χ2n) is 10.4. The maximum Gasteiger partial charge on any atom is 0.323 e. The summed E-state index contributed by atoms with van der Waals surface area (Å²) in [5, 5.41) is 3.52. The summed E-state index contributed by atoms with van der Waals surface area (Å²) in [4.78, 5) is 41.9. The lowest BCUT2D eigenvalue weighted by molar-refractivity contribution is -0.161. The number of methoxy groups -OCH3 is 2. The van der Waals surface area contributed by atoms with Crippen molar-refractivity contribution >= 4 is 29.1 Å². The van der Waals surface area contributed by atoms with E-state index in [1.54, 1.807) is 6.92 Å². The molecule has 0 bridgehead atoms. The predicted molar refractivity (Wildman–Crippen MR) is 140 cm³/mol. The molecule has 6 atom stereocenters. The quantitative estimate of drug-likeness (QED) is 0.440. The Morgan fingerprint density at radius 2 is 1.82 bits per heavy atom. The molecule has 8 nitrogen and oxygen atoms in total. The molecule has 9 heteroatoms. The van der Waals surface area contributed by atoms with Crippen LogP contribution in [0.15, 0.2) is 36.4 Å². The molecule has 1 saturated carbocycles. The van der Waals surface area contributed by atoms with E-state index < -0.39 is 34.8 Å². The van der Waals surface area contributed by atoms with E-state index in [0.29, 0.717) is 12.8 Å². The Hall–Kier alpha value is -3.10. The van der Waals surface area contributed by atoms with E-state index in [0.717, 1.165) is 5.56 Å². The number of carbonyl (C=O) groups is 3. The topological polar surface area (TPSA) is 100 Å². The summed E-state index contributed by atoms with van der Waals surface area (Å²) in [6, 6.07) is 10.2. The van der Waals surface area contributed by atoms with Gasteiger partial charge in [-0.1, -0.05) is 55.8 Å². The molecule has 2 unspecified atom stereocenters. The fourth-order valence-electron chi connectivity index (χ4n) is 6.63. The molecule has 38 heavy (non-hydrogen) atoms. The summed E-state index contributed by atoms with van der Waals surface area (Å²) in [7, 11) is 2.90. The Bertz CT molecular complexity index is 1300. The molecule has 1 N–H and O–H groups in total. The first-order valence-electron chi connectivity index (χ1n) is 12.9. The van der Waals surface area contributed by atoms with Crippen LogP contribution in [0.1, 0.15) is 55.5 Å². The number of ketones is 2. The first-order valence-corrected chi connectivity index (χ1v) is 13.2. The van der Waals surface area contributed by atoms with Gasteiger partial charge < -0.3 is 24.3 Å². The minimum Gasteiger partial charge on any atom is -0.496 e. The van der Waals surface area contributed by atoms with Crippen molar-refractivity contribution in [2.75, 3.05) is 20.8 Å². The third-order valence-electron chi connectivity index (χ3n) is 8.62. The van der Waals surface area contributed by atoms with Crippen LogP contribution in [0.2, 0.25) is 5.02 Å². The molecule has 3 aliphatic rings. The number of esters is 1. The monoisotopic (exact) mass is 541 g/mol. The van der Waals surface area contributed by atoms with Crippen LogP contribution in [0, 0.1) is 11.3 Å². The molecule has 1 saturated heterocycles. The van der Waals surface area contributed by atoms with E-state index in [9.17, 15) is 14.4 Å². The molecule has 1 spiro atoms. The van der Waals surface area contributed by atoms with Gasteiger partial charge in [0.05, 0.1) is 26.2 Å². The summed E-state index contributed by atoms with van der Waals surface area (Å²) in [5.41, 5.74) is -1.81. The Kier molecular flexibility index (Phi) is 6.68. The number of ether oxygens (including phenoxy) is 4. The number of halogens is 1. The predicted octanol–water partition coefficient (Wildman–Crippen LogP) is 4.36. The second kappa shape index (κ2) is 9.58. The average Bonchev–Trinajstić information content (AvgIpc) is 3.23. The lowest BCUT2D eigenvalue weighted by Gasteiger charge is -2.56. The Labute approximate surface area is 226 Å². The fraction of sp³-hybridized carbons (Fsp3) is 0.483. The van der Waals surface area contributed by atoms with Gasteiger partial charge in [-0.3, -0.25) is 14.4 Å². The molecule has 1 aliphatic carbocycles. The van der Waals surface area contributed by atoms with E-state index in [2.05, 4.69) is 5.32 Å². The highest BCUT2D eigenvalue weighted by molar-refractivity contribution is 6.36. The normalized spacial score (nSPS) is 31.8. The van der Waals surface area contributed by atoms with Crippen LogP contribution in [-0.4, -0.2) is 56.0 Å². The standard InChI is InChI=1S/C29H32ClNO7/c1-6-37-26(33)18-13-17(16-10-8-7-9-11-16)28(3)21(31-18)12-15(2)29(27(28)34)25(32)22-19(35-4)14-20(36-5)23(30)24(22)38-29/h7-11,14-15,17-18,21,31H,6,12-13H2,1-5H3/t15-,17-,18+,21?,28?,29-/m1/s1. The number of fused-ring (bicyclic) bond motifs is 2. The Balaban J connectivity index is 1.64. The number of benzene rings is 2. The zero-order chi connectivity index (χ0) is 27.4. The van der Waals surface area contributed by atoms with E-state index in [4.69, 9.17) is 30.5 Å². The smallest absolute Gasteiger partial charge is 0.323 e. The van der Waals surface area contributed by atoms with Gasteiger partial charge >= 0.3 is 5.97 Å². The number of piperidine rings is 1. The Morgan fingerprint density at radius 3 is 2.45 bits per heavy atom. The first-order chi connectivity index (χ1) is 18.1. The summed E-state index contributed by atoms with van der Waals surface area (Å²) < 4.78 is 22.6. The molecule has 2 aromatic rings. The molecule has 2 fully saturated rings. The maximum atomic E-state index is 14.8. The zero-order valence-corrected chi connectivity index (χ0v) is 22.9. The van der Waals surface area contributed by atoms with E-state index in [1.165, 1.54) is 20.3 Å². The lowest BCUT2D eigenvalue weighted by atomic mass is 9.51. The van der Waals surface area contributed by atoms with Crippen LogP contribution in [0.3, 0.4) is 0 Å². The number of Topliss-reactive ketones (excluding diaryl/α,β-unsaturated/α-hetero) is 2. The van der Waals surface area contributed by atoms with Crippen molar-refractivity contribution in [3.63, 3.8) is 0 Å². The van der Waals surface area contributed by atoms with Gasteiger partial charge in [-0.2, -0.15) is 0 Å². The number of carbonyl (C=O) groups excluding carboxylic acids is 3. The molecule has 5 rings (SSSR count). The van der Waals surface area contributed by atoms with Gasteiger partial charge in [0, 0.05) is 18.0 Å². The molecule has 202 valence electrons. The summed E-state index contributed by atoms with van der Waals surface area (Å²) in [5.74, 6) is -1.43. The van der Waals surface area contributed by atoms with E-state index in [-0.39, 0.29) is 52.1 Å². The fourth-order valence-corrected chi connectivity index (χ4v) is 6.90. The summed E-state index contributed by atoms with van der Waals surface area (Å²) in [6.07, 6.45) is 0.753. The van der Waals surface area contributed by atoms with Crippen molar-refractivity contribution in [3.8, 4) is 17.2 Å². The van der Waals surface area contributed by atoms with Crippen molar-refractivity contribution in [2.45, 2.75) is 57.2 Å². The second-order valence-corrected chi connectivity index (χ2v) is 10.8. The van der Waals surface area contributed by atoms with Crippen LogP contribution in [-0.2, 0) is 14.3 Å². The molecular weight excluding hydrogens is 510 g/mol. The number of hydrogen-bond acceptors (Lipinski definition) is 8. The number of hydrogen-bond donors (Lipinski definition) is 1. The average molecular weight is 542 g/mol. The number of rotatable bonds is 5. The molecule has 2 heterocycles. The highest BCUT2D eigenvalue weighted by Crippen LogP contribution is 2.59. The third-order valence-corrected chi connectivity index (χ3v) is 8.98. The molecule has 2 aromatic carbocycles. The van der Waals surface area contributed by atoms with Gasteiger partial charge in [0.15, 0.2) is 11.5 Å². The van der Waals surface area contributed by atoms with E-state index in [1.807, 2.05) is 44.2 Å². The van der Waals surface area contributed by atoms with Crippen molar-refractivity contribution in [3.05, 3.63) is 52.5 Å². The number of nitrogens with one attached hydrogen (secondary N) is 1. The maximum absolute atomic E-state index is 14.8. The minimum atomic E-state index is -1.79. The lowest BCUT2D eigenvalue weighted by Crippen LogP contribution is -2.72. The highest BCUT2D eigenvalue weighted by Gasteiger charge is 2.70. The van der Waals surface area contributed by atoms with Crippen molar-refractivity contribution < 1.29 is 33.3 Å². The molecule has 0 amide bonds. The van der Waals surface area contributed by atoms with Crippen LogP contribution in [0.25, 0.3) is 0 Å². The summed E-state index contributed by atoms with van der Waals surface area (Å²) >= 11 is 6.59. The van der Waals surface area contributed by atoms with Gasteiger partial charge in [-0.15, -0.1) is 0 Å².